The van der Waals surface area contributed by atoms with Crippen LogP contribution in [0.3, 0.4) is 0 Å². The van der Waals surface area contributed by atoms with Gasteiger partial charge >= 0.3 is 0 Å². The highest BCUT2D eigenvalue weighted by atomic mass is 16.2. The van der Waals surface area contributed by atoms with Gasteiger partial charge in [0.1, 0.15) is 0 Å². The Bertz CT molecular complexity index is 421. The molecule has 0 saturated heterocycles. The molecule has 17 heavy (non-hydrogen) atoms. The summed E-state index contributed by atoms with van der Waals surface area (Å²) in [6.45, 7) is 0.880. The molecule has 1 aliphatic heterocycles. The molecule has 0 spiro atoms. The number of rotatable bonds is 2. The number of carbonyl (C=O) groups is 1. The average Bonchev–Trinajstić information content (AvgIpc) is 2.96. The van der Waals surface area contributed by atoms with E-state index in [-0.39, 0.29) is 0 Å². The SMILES string of the molecule is O=C(CC1CCCC1)N1CCc2ccccc21. The summed E-state index contributed by atoms with van der Waals surface area (Å²) in [5, 5.41) is 0. The van der Waals surface area contributed by atoms with E-state index in [1.54, 1.807) is 0 Å². The number of hydrogen-bond donors (Lipinski definition) is 0. The summed E-state index contributed by atoms with van der Waals surface area (Å²) in [5.41, 5.74) is 2.47. The molecule has 1 amide bonds. The molecule has 1 aliphatic carbocycles. The second-order valence-electron chi connectivity index (χ2n) is 5.28. The highest BCUT2D eigenvalue weighted by molar-refractivity contribution is 5.95. The van der Waals surface area contributed by atoms with Gasteiger partial charge in [-0.3, -0.25) is 4.79 Å². The van der Waals surface area contributed by atoms with Gasteiger partial charge in [0, 0.05) is 18.7 Å². The van der Waals surface area contributed by atoms with E-state index in [0.717, 1.165) is 25.1 Å². The fraction of sp³-hybridized carbons (Fsp3) is 0.533. The fourth-order valence-electron chi connectivity index (χ4n) is 3.17. The van der Waals surface area contributed by atoms with Crippen LogP contribution in [-0.2, 0) is 11.2 Å². The number of nitrogens with zero attached hydrogens (tertiary/aromatic N) is 1. The van der Waals surface area contributed by atoms with Crippen LogP contribution in [0.25, 0.3) is 0 Å². The summed E-state index contributed by atoms with van der Waals surface area (Å²) in [7, 11) is 0. The zero-order valence-electron chi connectivity index (χ0n) is 10.2. The van der Waals surface area contributed by atoms with E-state index in [0.29, 0.717) is 11.8 Å². The Balaban J connectivity index is 1.71. The van der Waals surface area contributed by atoms with E-state index in [1.165, 1.54) is 31.2 Å². The summed E-state index contributed by atoms with van der Waals surface area (Å²) in [6, 6.07) is 8.30. The zero-order chi connectivity index (χ0) is 11.7. The van der Waals surface area contributed by atoms with Crippen molar-refractivity contribution >= 4 is 11.6 Å². The third-order valence-electron chi connectivity index (χ3n) is 4.13. The molecule has 1 fully saturated rings. The van der Waals surface area contributed by atoms with Crippen molar-refractivity contribution < 1.29 is 4.79 Å². The molecule has 0 unspecified atom stereocenters. The Morgan fingerprint density at radius 2 is 2.00 bits per heavy atom. The van der Waals surface area contributed by atoms with Crippen LogP contribution in [0.5, 0.6) is 0 Å². The van der Waals surface area contributed by atoms with Gasteiger partial charge in [-0.2, -0.15) is 0 Å². The lowest BCUT2D eigenvalue weighted by molar-refractivity contribution is -0.119. The number of fused-ring (bicyclic) bond motifs is 1. The second kappa shape index (κ2) is 4.52. The minimum atomic E-state index is 0.335. The molecule has 1 aromatic rings. The minimum Gasteiger partial charge on any atom is -0.312 e. The first-order chi connectivity index (χ1) is 8.34. The van der Waals surface area contributed by atoms with Crippen molar-refractivity contribution in [3.05, 3.63) is 29.8 Å². The summed E-state index contributed by atoms with van der Waals surface area (Å²) >= 11 is 0. The Hall–Kier alpha value is -1.31. The molecular formula is C15H19NO. The first kappa shape index (κ1) is 10.8. The first-order valence-electron chi connectivity index (χ1n) is 6.73. The van der Waals surface area contributed by atoms with E-state index < -0.39 is 0 Å². The molecule has 0 atom stereocenters. The minimum absolute atomic E-state index is 0.335. The molecule has 0 N–H and O–H groups in total. The maximum absolute atomic E-state index is 12.3. The molecule has 0 aromatic heterocycles. The fourth-order valence-corrected chi connectivity index (χ4v) is 3.17. The molecular weight excluding hydrogens is 210 g/mol. The van der Waals surface area contributed by atoms with Gasteiger partial charge in [0.15, 0.2) is 0 Å². The summed E-state index contributed by atoms with van der Waals surface area (Å²) in [5.74, 6) is 0.983. The van der Waals surface area contributed by atoms with Crippen molar-refractivity contribution in [3.8, 4) is 0 Å². The second-order valence-corrected chi connectivity index (χ2v) is 5.28. The highest BCUT2D eigenvalue weighted by Crippen LogP contribution is 2.32. The lowest BCUT2D eigenvalue weighted by Crippen LogP contribution is -2.30. The lowest BCUT2D eigenvalue weighted by atomic mass is 10.0. The molecule has 0 radical (unpaired) electrons. The van der Waals surface area contributed by atoms with Crippen molar-refractivity contribution in [1.29, 1.82) is 0 Å². The number of hydrogen-bond acceptors (Lipinski definition) is 1. The van der Waals surface area contributed by atoms with Crippen LogP contribution < -0.4 is 4.90 Å². The van der Waals surface area contributed by atoms with Crippen molar-refractivity contribution in [3.63, 3.8) is 0 Å². The van der Waals surface area contributed by atoms with E-state index >= 15 is 0 Å². The third-order valence-corrected chi connectivity index (χ3v) is 4.13. The lowest BCUT2D eigenvalue weighted by Gasteiger charge is -2.19. The van der Waals surface area contributed by atoms with Crippen molar-refractivity contribution in [2.45, 2.75) is 38.5 Å². The van der Waals surface area contributed by atoms with Crippen LogP contribution in [0.15, 0.2) is 24.3 Å². The van der Waals surface area contributed by atoms with Gasteiger partial charge in [-0.1, -0.05) is 31.0 Å². The van der Waals surface area contributed by atoms with Crippen LogP contribution in [0.4, 0.5) is 5.69 Å². The van der Waals surface area contributed by atoms with Crippen LogP contribution in [0.2, 0.25) is 0 Å². The standard InChI is InChI=1S/C15H19NO/c17-15(11-12-5-1-2-6-12)16-10-9-13-7-3-4-8-14(13)16/h3-4,7-8,12H,1-2,5-6,9-11H2. The number of amides is 1. The highest BCUT2D eigenvalue weighted by Gasteiger charge is 2.27. The molecule has 2 heteroatoms. The molecule has 0 bridgehead atoms. The molecule has 2 aliphatic rings. The van der Waals surface area contributed by atoms with Gasteiger partial charge in [0.05, 0.1) is 0 Å². The van der Waals surface area contributed by atoms with Gasteiger partial charge in [0.25, 0.3) is 0 Å². The van der Waals surface area contributed by atoms with Crippen LogP contribution in [0.1, 0.15) is 37.7 Å². The molecule has 1 heterocycles. The normalized spacial score (nSPS) is 19.6. The monoisotopic (exact) mass is 229 g/mol. The van der Waals surface area contributed by atoms with Gasteiger partial charge < -0.3 is 4.90 Å². The Labute approximate surface area is 103 Å². The Morgan fingerprint density at radius 1 is 1.24 bits per heavy atom. The summed E-state index contributed by atoms with van der Waals surface area (Å²) < 4.78 is 0. The van der Waals surface area contributed by atoms with E-state index in [4.69, 9.17) is 0 Å². The van der Waals surface area contributed by atoms with Gasteiger partial charge in [-0.05, 0) is 36.8 Å². The molecule has 2 nitrogen and oxygen atoms in total. The molecule has 1 aromatic carbocycles. The van der Waals surface area contributed by atoms with Crippen LogP contribution in [-0.4, -0.2) is 12.5 Å². The quantitative estimate of drug-likeness (QED) is 0.763. The number of anilines is 1. The maximum Gasteiger partial charge on any atom is 0.227 e. The summed E-state index contributed by atoms with van der Waals surface area (Å²) in [6.07, 6.45) is 6.91. The third kappa shape index (κ3) is 2.08. The van der Waals surface area contributed by atoms with E-state index in [1.807, 2.05) is 11.0 Å². The Morgan fingerprint density at radius 3 is 2.82 bits per heavy atom. The number of para-hydroxylation sites is 1. The summed E-state index contributed by atoms with van der Waals surface area (Å²) in [4.78, 5) is 14.3. The van der Waals surface area contributed by atoms with Gasteiger partial charge in [-0.15, -0.1) is 0 Å². The largest absolute Gasteiger partial charge is 0.312 e. The molecule has 3 rings (SSSR count). The predicted octanol–water partition coefficient (Wildman–Crippen LogP) is 3.16. The van der Waals surface area contributed by atoms with Crippen LogP contribution in [0, 0.1) is 5.92 Å². The first-order valence-corrected chi connectivity index (χ1v) is 6.73. The van der Waals surface area contributed by atoms with E-state index in [9.17, 15) is 4.79 Å². The molecule has 90 valence electrons. The molecule has 1 saturated carbocycles. The van der Waals surface area contributed by atoms with Crippen molar-refractivity contribution in [2.75, 3.05) is 11.4 Å². The van der Waals surface area contributed by atoms with Gasteiger partial charge in [-0.25, -0.2) is 0 Å². The average molecular weight is 229 g/mol. The van der Waals surface area contributed by atoms with Crippen LogP contribution >= 0.6 is 0 Å². The van der Waals surface area contributed by atoms with Crippen molar-refractivity contribution in [2.24, 2.45) is 5.92 Å². The van der Waals surface area contributed by atoms with E-state index in [2.05, 4.69) is 18.2 Å². The topological polar surface area (TPSA) is 20.3 Å². The van der Waals surface area contributed by atoms with Crippen molar-refractivity contribution in [1.82, 2.24) is 0 Å². The smallest absolute Gasteiger partial charge is 0.227 e. The Kier molecular flexibility index (Phi) is 2.87. The zero-order valence-corrected chi connectivity index (χ0v) is 10.2. The predicted molar refractivity (Wildman–Crippen MR) is 69.1 cm³/mol. The number of carbonyl (C=O) groups excluding carboxylic acids is 1. The van der Waals surface area contributed by atoms with Gasteiger partial charge in [0.2, 0.25) is 5.91 Å². The number of benzene rings is 1. The maximum atomic E-state index is 12.3.